The largest absolute Gasteiger partial charge is 0.453 e. The van der Waals surface area contributed by atoms with Crippen molar-refractivity contribution in [2.24, 2.45) is 4.99 Å². The number of benzene rings is 2. The van der Waals surface area contributed by atoms with Crippen LogP contribution >= 0.6 is 0 Å². The van der Waals surface area contributed by atoms with E-state index in [2.05, 4.69) is 73.9 Å². The second kappa shape index (κ2) is 17.0. The molecular weight excluding hydrogens is 713 g/mol. The van der Waals surface area contributed by atoms with E-state index in [4.69, 9.17) is 14.7 Å². The summed E-state index contributed by atoms with van der Waals surface area (Å²) in [6.45, 7) is 2.85. The van der Waals surface area contributed by atoms with Gasteiger partial charge in [-0.25, -0.2) is 14.6 Å². The van der Waals surface area contributed by atoms with Crippen LogP contribution in [0.4, 0.5) is 9.59 Å². The highest BCUT2D eigenvalue weighted by Gasteiger charge is 2.38. The molecule has 0 spiro atoms. The molecule has 5 heterocycles. The Balaban J connectivity index is 0.969. The lowest BCUT2D eigenvalue weighted by atomic mass is 9.96. The van der Waals surface area contributed by atoms with Crippen LogP contribution in [-0.4, -0.2) is 99.9 Å². The van der Waals surface area contributed by atoms with Crippen LogP contribution in [-0.2, 0) is 25.5 Å². The maximum Gasteiger partial charge on any atom is 0.407 e. The molecule has 3 N–H and O–H groups in total. The number of nitrogens with zero attached hydrogens (tertiary/aromatic N) is 5. The van der Waals surface area contributed by atoms with Gasteiger partial charge in [-0.15, -0.1) is 0 Å². The third-order valence-corrected chi connectivity index (χ3v) is 10.7. The van der Waals surface area contributed by atoms with Gasteiger partial charge in [0, 0.05) is 49.7 Å². The van der Waals surface area contributed by atoms with Crippen molar-refractivity contribution in [3.8, 4) is 22.4 Å². The number of imidazole rings is 1. The van der Waals surface area contributed by atoms with Crippen molar-refractivity contribution < 1.29 is 28.7 Å². The first-order chi connectivity index (χ1) is 27.2. The molecule has 3 aliphatic heterocycles. The fourth-order valence-electron chi connectivity index (χ4n) is 7.77. The van der Waals surface area contributed by atoms with Gasteiger partial charge in [-0.1, -0.05) is 54.6 Å². The van der Waals surface area contributed by atoms with Gasteiger partial charge in [0.05, 0.1) is 38.2 Å². The van der Waals surface area contributed by atoms with Gasteiger partial charge in [-0.3, -0.25) is 19.6 Å². The first kappa shape index (κ1) is 38.0. The molecule has 0 radical (unpaired) electrons. The molecule has 2 aromatic heterocycles. The monoisotopic (exact) mass is 758 g/mol. The molecular formula is C42H46N8O6. The van der Waals surface area contributed by atoms with E-state index in [0.717, 1.165) is 64.9 Å². The minimum Gasteiger partial charge on any atom is -0.453 e. The smallest absolute Gasteiger partial charge is 0.407 e. The zero-order chi connectivity index (χ0) is 39.2. The van der Waals surface area contributed by atoms with Gasteiger partial charge in [0.2, 0.25) is 11.8 Å². The Morgan fingerprint density at radius 1 is 0.786 bits per heavy atom. The van der Waals surface area contributed by atoms with Gasteiger partial charge in [-0.05, 0) is 72.6 Å². The first-order valence-electron chi connectivity index (χ1n) is 18.9. The average molecular weight is 759 g/mol. The molecule has 0 bridgehead atoms. The van der Waals surface area contributed by atoms with Crippen molar-refractivity contribution in [1.82, 2.24) is 35.4 Å². The molecule has 4 aromatic rings. The Bertz CT molecular complexity index is 2110. The fraction of sp³-hybridized carbons (Fsp3) is 0.357. The predicted molar refractivity (Wildman–Crippen MR) is 210 cm³/mol. The summed E-state index contributed by atoms with van der Waals surface area (Å²) < 4.78 is 9.47. The van der Waals surface area contributed by atoms with E-state index in [1.165, 1.54) is 14.2 Å². The number of hydrogen-bond donors (Lipinski definition) is 3. The zero-order valence-corrected chi connectivity index (χ0v) is 31.7. The third-order valence-electron chi connectivity index (χ3n) is 10.7. The molecule has 4 atom stereocenters. The van der Waals surface area contributed by atoms with E-state index < -0.39 is 24.3 Å². The molecule has 2 saturated heterocycles. The van der Waals surface area contributed by atoms with Gasteiger partial charge in [0.15, 0.2) is 0 Å². The highest BCUT2D eigenvalue weighted by molar-refractivity contribution is 6.03. The number of pyridine rings is 1. The van der Waals surface area contributed by atoms with Gasteiger partial charge in [0.25, 0.3) is 0 Å². The van der Waals surface area contributed by atoms with E-state index in [-0.39, 0.29) is 30.3 Å². The number of hydrogen-bond acceptors (Lipinski definition) is 9. The number of amides is 4. The lowest BCUT2D eigenvalue weighted by Crippen LogP contribution is -2.50. The number of nitrogens with one attached hydrogen (secondary N) is 3. The van der Waals surface area contributed by atoms with E-state index in [0.29, 0.717) is 31.0 Å². The zero-order valence-electron chi connectivity index (χ0n) is 31.7. The molecule has 0 aliphatic carbocycles. The second-order valence-electron chi connectivity index (χ2n) is 14.2. The van der Waals surface area contributed by atoms with Crippen molar-refractivity contribution >= 4 is 35.3 Å². The van der Waals surface area contributed by atoms with Crippen LogP contribution in [0, 0.1) is 0 Å². The maximum absolute atomic E-state index is 13.8. The SMILES string of the molecule is COC(=O)N[C@@H](C)C(=O)N1CCC[C@H]1C1=NC=C(c2ccc(-c3ccc(-c4cnc([C@@H]5CCCN5C(=O)[C@H](Cc5ccccn5)NC(=O)OC)[nH]4)cc3)cc2)C1. The van der Waals surface area contributed by atoms with Crippen LogP contribution in [0.3, 0.4) is 0 Å². The van der Waals surface area contributed by atoms with Gasteiger partial charge in [0.1, 0.15) is 17.9 Å². The van der Waals surface area contributed by atoms with Gasteiger partial charge < -0.3 is 34.9 Å². The van der Waals surface area contributed by atoms with Crippen molar-refractivity contribution in [3.63, 3.8) is 0 Å². The quantitative estimate of drug-likeness (QED) is 0.175. The highest BCUT2D eigenvalue weighted by Crippen LogP contribution is 2.34. The minimum absolute atomic E-state index is 0.0909. The summed E-state index contributed by atoms with van der Waals surface area (Å²) >= 11 is 0. The third kappa shape index (κ3) is 8.33. The van der Waals surface area contributed by atoms with Crippen molar-refractivity contribution in [2.75, 3.05) is 27.3 Å². The molecule has 56 heavy (non-hydrogen) atoms. The minimum atomic E-state index is -0.831. The van der Waals surface area contributed by atoms with E-state index in [9.17, 15) is 19.2 Å². The Kier molecular flexibility index (Phi) is 11.5. The van der Waals surface area contributed by atoms with Crippen molar-refractivity contribution in [3.05, 3.63) is 102 Å². The molecule has 7 rings (SSSR count). The maximum atomic E-state index is 13.8. The Morgan fingerprint density at radius 2 is 1.41 bits per heavy atom. The summed E-state index contributed by atoms with van der Waals surface area (Å²) in [5, 5.41) is 5.28. The number of aromatic nitrogens is 3. The standard InChI is InChI=1S/C42H46N8O6/c1-26(46-41(53)55-2)39(51)49-20-6-9-36(49)33-22-31(24-44-33)29-13-11-27(12-14-29)28-15-17-30(18-16-28)35-25-45-38(47-35)37-10-7-21-50(37)40(52)34(48-42(54)56-3)23-32-8-4-5-19-43-32/h4-5,8,11-19,24-26,34,36-37H,6-7,9-10,20-23H2,1-3H3,(H,45,47)(H,46,53)(H,48,54)/t26-,34-,36-,37-/m0/s1. The molecule has 14 nitrogen and oxygen atoms in total. The summed E-state index contributed by atoms with van der Waals surface area (Å²) in [5.74, 6) is 0.357. The van der Waals surface area contributed by atoms with E-state index >= 15 is 0 Å². The molecule has 14 heteroatoms. The van der Waals surface area contributed by atoms with Crippen LogP contribution in [0.2, 0.25) is 0 Å². The Hall–Kier alpha value is -6.31. The number of carbonyl (C=O) groups is 4. The molecule has 2 fully saturated rings. The number of H-pyrrole nitrogens is 1. The molecule has 3 aliphatic rings. The van der Waals surface area contributed by atoms with Crippen LogP contribution in [0.15, 0.2) is 90.3 Å². The number of likely N-dealkylation sites (tertiary alicyclic amines) is 2. The summed E-state index contributed by atoms with van der Waals surface area (Å²) in [5.41, 5.74) is 7.79. The lowest BCUT2D eigenvalue weighted by Gasteiger charge is -2.28. The van der Waals surface area contributed by atoms with Gasteiger partial charge >= 0.3 is 12.2 Å². The first-order valence-corrected chi connectivity index (χ1v) is 18.9. The van der Waals surface area contributed by atoms with E-state index in [1.54, 1.807) is 30.3 Å². The predicted octanol–water partition coefficient (Wildman–Crippen LogP) is 5.69. The average Bonchev–Trinajstić information content (AvgIpc) is 4.07. The number of ether oxygens (including phenoxy) is 2. The molecule has 0 saturated carbocycles. The van der Waals surface area contributed by atoms with Crippen LogP contribution < -0.4 is 10.6 Å². The lowest BCUT2D eigenvalue weighted by molar-refractivity contribution is -0.134. The number of allylic oxidation sites excluding steroid dienone is 1. The van der Waals surface area contributed by atoms with Crippen LogP contribution in [0.25, 0.3) is 28.0 Å². The Morgan fingerprint density at radius 3 is 2.07 bits per heavy atom. The van der Waals surface area contributed by atoms with Crippen molar-refractivity contribution in [1.29, 1.82) is 0 Å². The fourth-order valence-corrected chi connectivity index (χ4v) is 7.77. The second-order valence-corrected chi connectivity index (χ2v) is 14.2. The summed E-state index contributed by atoms with van der Waals surface area (Å²) in [6, 6.07) is 20.3. The van der Waals surface area contributed by atoms with Gasteiger partial charge in [-0.2, -0.15) is 0 Å². The number of alkyl carbamates (subject to hydrolysis) is 2. The van der Waals surface area contributed by atoms with Crippen molar-refractivity contribution in [2.45, 2.75) is 69.6 Å². The number of carbonyl (C=O) groups excluding carboxylic acids is 4. The number of rotatable bonds is 11. The summed E-state index contributed by atoms with van der Waals surface area (Å²) in [4.78, 5) is 71.6. The molecule has 290 valence electrons. The summed E-state index contributed by atoms with van der Waals surface area (Å²) in [6.07, 6.45) is 8.26. The van der Waals surface area contributed by atoms with Crippen LogP contribution in [0.5, 0.6) is 0 Å². The highest BCUT2D eigenvalue weighted by atomic mass is 16.5. The Labute approximate surface area is 325 Å². The topological polar surface area (TPSA) is 171 Å². The number of aromatic amines is 1. The molecule has 0 unspecified atom stereocenters. The van der Waals surface area contributed by atoms with E-state index in [1.807, 2.05) is 23.2 Å². The summed E-state index contributed by atoms with van der Waals surface area (Å²) in [7, 11) is 2.55. The molecule has 4 amide bonds. The number of aliphatic imine (C=N–C) groups is 1. The normalized spacial score (nSPS) is 18.8. The molecule has 2 aromatic carbocycles. The van der Waals surface area contributed by atoms with Crippen LogP contribution in [0.1, 0.15) is 62.2 Å². The number of methoxy groups -OCH3 is 2.